The molecule has 3 nitrogen and oxygen atoms in total. The molecule has 1 aliphatic carbocycles. The molecule has 0 saturated heterocycles. The van der Waals surface area contributed by atoms with Crippen molar-refractivity contribution in [2.24, 2.45) is 0 Å². The standard InChI is InChI=1S/C4H9N2O/c1-7-6(5)4-2-3-4/h4-5H,2-3H2,1H3/q-1. The van der Waals surface area contributed by atoms with Gasteiger partial charge in [-0.2, -0.15) is 0 Å². The van der Waals surface area contributed by atoms with Gasteiger partial charge in [-0.3, -0.25) is 5.17 Å². The Labute approximate surface area is 43.0 Å². The van der Waals surface area contributed by atoms with Crippen molar-refractivity contribution in [3.05, 3.63) is 5.84 Å². The summed E-state index contributed by atoms with van der Waals surface area (Å²) in [6.07, 6.45) is 2.24. The Kier molecular flexibility index (Phi) is 1.27. The highest BCUT2D eigenvalue weighted by molar-refractivity contribution is 4.80. The van der Waals surface area contributed by atoms with Gasteiger partial charge in [-0.15, -0.1) is 0 Å². The van der Waals surface area contributed by atoms with Crippen LogP contribution in [0.1, 0.15) is 12.8 Å². The second kappa shape index (κ2) is 1.78. The van der Waals surface area contributed by atoms with Crippen molar-refractivity contribution < 1.29 is 4.84 Å². The molecule has 0 unspecified atom stereocenters. The topological polar surface area (TPSA) is 36.3 Å². The molecule has 7 heavy (non-hydrogen) atoms. The highest BCUT2D eigenvalue weighted by Crippen LogP contribution is 2.25. The lowest BCUT2D eigenvalue weighted by atomic mass is 10.8. The fourth-order valence-electron chi connectivity index (χ4n) is 0.458. The summed E-state index contributed by atoms with van der Waals surface area (Å²) in [7, 11) is 1.52. The van der Waals surface area contributed by atoms with Gasteiger partial charge in [0.25, 0.3) is 0 Å². The van der Waals surface area contributed by atoms with Crippen molar-refractivity contribution in [3.8, 4) is 0 Å². The summed E-state index contributed by atoms with van der Waals surface area (Å²) in [6.45, 7) is 0. The van der Waals surface area contributed by atoms with Gasteiger partial charge in [-0.1, -0.05) is 0 Å². The maximum atomic E-state index is 6.95. The van der Waals surface area contributed by atoms with Crippen LogP contribution < -0.4 is 0 Å². The van der Waals surface area contributed by atoms with Crippen molar-refractivity contribution in [2.45, 2.75) is 18.9 Å². The molecule has 0 aliphatic heterocycles. The normalized spacial score (nSPS) is 21.0. The van der Waals surface area contributed by atoms with E-state index in [4.69, 9.17) is 5.84 Å². The molecule has 0 amide bonds. The fraction of sp³-hybridized carbons (Fsp3) is 1.00. The van der Waals surface area contributed by atoms with Crippen LogP contribution in [0.5, 0.6) is 0 Å². The second-order valence-electron chi connectivity index (χ2n) is 1.74. The largest absolute Gasteiger partial charge is 0.584 e. The van der Waals surface area contributed by atoms with E-state index in [-0.39, 0.29) is 0 Å². The average molecular weight is 101 g/mol. The Morgan fingerprint density at radius 3 is 2.43 bits per heavy atom. The van der Waals surface area contributed by atoms with E-state index >= 15 is 0 Å². The molecule has 1 fully saturated rings. The lowest BCUT2D eigenvalue weighted by Gasteiger charge is -2.21. The van der Waals surface area contributed by atoms with Crippen LogP contribution >= 0.6 is 0 Å². The van der Waals surface area contributed by atoms with Gasteiger partial charge in [0.2, 0.25) is 0 Å². The molecular weight excluding hydrogens is 92.1 g/mol. The molecule has 0 bridgehead atoms. The van der Waals surface area contributed by atoms with Gasteiger partial charge in [-0.25, -0.2) is 0 Å². The molecular formula is C4H9N2O-. The first kappa shape index (κ1) is 5.03. The third-order valence-electron chi connectivity index (χ3n) is 1.08. The van der Waals surface area contributed by atoms with E-state index < -0.39 is 0 Å². The zero-order chi connectivity index (χ0) is 5.28. The van der Waals surface area contributed by atoms with Crippen molar-refractivity contribution in [3.63, 3.8) is 0 Å². The van der Waals surface area contributed by atoms with Gasteiger partial charge in [-0.05, 0) is 12.8 Å². The summed E-state index contributed by atoms with van der Waals surface area (Å²) in [5.41, 5.74) is 0. The second-order valence-corrected chi connectivity index (χ2v) is 1.74. The first-order valence-electron chi connectivity index (χ1n) is 2.39. The summed E-state index contributed by atoms with van der Waals surface area (Å²) in [4.78, 5) is 4.57. The van der Waals surface area contributed by atoms with E-state index in [0.717, 1.165) is 18.0 Å². The summed E-state index contributed by atoms with van der Waals surface area (Å²) < 4.78 is 0. The molecule has 0 aromatic rings. The third kappa shape index (κ3) is 1.12. The van der Waals surface area contributed by atoms with Crippen LogP contribution in [0.25, 0.3) is 5.84 Å². The van der Waals surface area contributed by atoms with Crippen LogP contribution in [-0.2, 0) is 4.84 Å². The summed E-state index contributed by atoms with van der Waals surface area (Å²) in [5.74, 6) is 6.95. The van der Waals surface area contributed by atoms with Gasteiger partial charge in [0, 0.05) is 6.04 Å². The maximum Gasteiger partial charge on any atom is 0.0555 e. The predicted molar refractivity (Wildman–Crippen MR) is 26.2 cm³/mol. The van der Waals surface area contributed by atoms with Gasteiger partial charge in [0.15, 0.2) is 0 Å². The van der Waals surface area contributed by atoms with Crippen molar-refractivity contribution >= 4 is 0 Å². The van der Waals surface area contributed by atoms with Gasteiger partial charge >= 0.3 is 0 Å². The third-order valence-corrected chi connectivity index (χ3v) is 1.08. The molecule has 1 rings (SSSR count). The molecule has 3 heteroatoms. The van der Waals surface area contributed by atoms with Gasteiger partial charge in [0.05, 0.1) is 7.11 Å². The lowest BCUT2D eigenvalue weighted by molar-refractivity contribution is -0.0951. The summed E-state index contributed by atoms with van der Waals surface area (Å²) >= 11 is 0. The minimum Gasteiger partial charge on any atom is -0.584 e. The SMILES string of the molecule is CON([NH-])C1CC1. The van der Waals surface area contributed by atoms with Gasteiger partial charge in [0.1, 0.15) is 0 Å². The Balaban J connectivity index is 2.10. The lowest BCUT2D eigenvalue weighted by Crippen LogP contribution is -2.13. The molecule has 0 atom stereocenters. The molecule has 0 spiro atoms. The highest BCUT2D eigenvalue weighted by atomic mass is 16.7. The number of nitrogens with one attached hydrogen (secondary N) is 1. The number of hydrogen-bond acceptors (Lipinski definition) is 2. The first-order valence-corrected chi connectivity index (χ1v) is 2.39. The van der Waals surface area contributed by atoms with Crippen LogP contribution in [0.3, 0.4) is 0 Å². The fourth-order valence-corrected chi connectivity index (χ4v) is 0.458. The number of nitrogens with zero attached hydrogens (tertiary/aromatic N) is 1. The van der Waals surface area contributed by atoms with Crippen LogP contribution in [0.2, 0.25) is 0 Å². The van der Waals surface area contributed by atoms with E-state index in [1.54, 1.807) is 0 Å². The Hall–Kier alpha value is -0.120. The van der Waals surface area contributed by atoms with Crippen LogP contribution in [-0.4, -0.2) is 18.3 Å². The number of hydrogen-bond donors (Lipinski definition) is 0. The molecule has 1 aliphatic rings. The minimum absolute atomic E-state index is 0.394. The monoisotopic (exact) mass is 101 g/mol. The summed E-state index contributed by atoms with van der Waals surface area (Å²) in [6, 6.07) is 0.394. The zero-order valence-electron chi connectivity index (χ0n) is 4.35. The highest BCUT2D eigenvalue weighted by Gasteiger charge is 2.22. The Bertz CT molecular complexity index is 62.7. The molecule has 1 saturated carbocycles. The molecule has 1 N–H and O–H groups in total. The predicted octanol–water partition coefficient (Wildman–Crippen LogP) is 0.979. The molecule has 0 aromatic carbocycles. The van der Waals surface area contributed by atoms with Crippen molar-refractivity contribution in [1.29, 1.82) is 0 Å². The molecule has 42 valence electrons. The smallest absolute Gasteiger partial charge is 0.0555 e. The minimum atomic E-state index is 0.394. The Morgan fingerprint density at radius 1 is 1.71 bits per heavy atom. The Morgan fingerprint density at radius 2 is 2.29 bits per heavy atom. The summed E-state index contributed by atoms with van der Waals surface area (Å²) in [5, 5.41) is 1.15. The van der Waals surface area contributed by atoms with E-state index in [1.807, 2.05) is 0 Å². The van der Waals surface area contributed by atoms with Crippen molar-refractivity contribution in [1.82, 2.24) is 5.17 Å². The van der Waals surface area contributed by atoms with Crippen LogP contribution in [0.4, 0.5) is 0 Å². The van der Waals surface area contributed by atoms with E-state index in [1.165, 1.54) is 7.11 Å². The first-order chi connectivity index (χ1) is 3.34. The quantitative estimate of drug-likeness (QED) is 0.486. The van der Waals surface area contributed by atoms with E-state index in [2.05, 4.69) is 4.84 Å². The van der Waals surface area contributed by atoms with E-state index in [9.17, 15) is 0 Å². The van der Waals surface area contributed by atoms with Gasteiger partial charge < -0.3 is 10.7 Å². The molecule has 0 radical (unpaired) electrons. The van der Waals surface area contributed by atoms with Crippen LogP contribution in [0.15, 0.2) is 0 Å². The van der Waals surface area contributed by atoms with Crippen LogP contribution in [0, 0.1) is 0 Å². The molecule has 0 aromatic heterocycles. The zero-order valence-corrected chi connectivity index (χ0v) is 4.35. The number of hydroxylamine groups is 1. The average Bonchev–Trinajstić information content (AvgIpc) is 2.44. The maximum absolute atomic E-state index is 6.95. The van der Waals surface area contributed by atoms with Crippen molar-refractivity contribution in [2.75, 3.05) is 7.11 Å². The number of rotatable bonds is 2. The van der Waals surface area contributed by atoms with E-state index in [0.29, 0.717) is 6.04 Å². The molecule has 0 heterocycles.